The van der Waals surface area contributed by atoms with Gasteiger partial charge in [0.15, 0.2) is 0 Å². The highest BCUT2D eigenvalue weighted by atomic mass is 32.1. The van der Waals surface area contributed by atoms with Crippen molar-refractivity contribution < 1.29 is 0 Å². The van der Waals surface area contributed by atoms with Crippen LogP contribution in [0.5, 0.6) is 0 Å². The van der Waals surface area contributed by atoms with Gasteiger partial charge in [-0.2, -0.15) is 5.26 Å². The Bertz CT molecular complexity index is 291. The average Bonchev–Trinajstić information content (AvgIpc) is 2.36. The van der Waals surface area contributed by atoms with Gasteiger partial charge in [0, 0.05) is 4.88 Å². The van der Waals surface area contributed by atoms with Gasteiger partial charge in [0.25, 0.3) is 0 Å². The Morgan fingerprint density at radius 1 is 1.55 bits per heavy atom. The fourth-order valence-electron chi connectivity index (χ4n) is 0.814. The van der Waals surface area contributed by atoms with Gasteiger partial charge in [0.2, 0.25) is 0 Å². The van der Waals surface area contributed by atoms with Crippen molar-refractivity contribution in [3.05, 3.63) is 21.9 Å². The lowest BCUT2D eigenvalue weighted by Gasteiger charge is -2.11. The molecular weight excluding hydrogens is 154 g/mol. The molecule has 0 aliphatic carbocycles. The van der Waals surface area contributed by atoms with E-state index in [0.29, 0.717) is 0 Å². The number of rotatable bonds is 1. The van der Waals surface area contributed by atoms with Crippen LogP contribution in [0.2, 0.25) is 0 Å². The molecule has 1 nitrogen and oxygen atoms in total. The van der Waals surface area contributed by atoms with Crippen molar-refractivity contribution in [2.45, 2.75) is 26.2 Å². The van der Waals surface area contributed by atoms with Gasteiger partial charge in [-0.3, -0.25) is 0 Å². The van der Waals surface area contributed by atoms with Gasteiger partial charge in [-0.15, -0.1) is 11.3 Å². The Morgan fingerprint density at radius 2 is 2.18 bits per heavy atom. The maximum atomic E-state index is 8.81. The molecule has 0 aliphatic rings. The van der Waals surface area contributed by atoms with Crippen LogP contribution in [-0.4, -0.2) is 0 Å². The third-order valence-electron chi connectivity index (χ3n) is 1.63. The topological polar surface area (TPSA) is 23.8 Å². The summed E-state index contributed by atoms with van der Waals surface area (Å²) in [7, 11) is 0. The minimum Gasteiger partial charge on any atom is -0.197 e. The fourth-order valence-corrected chi connectivity index (χ4v) is 1.79. The molecule has 1 heterocycles. The molecule has 11 heavy (non-hydrogen) atoms. The largest absolute Gasteiger partial charge is 0.197 e. The molecule has 0 aliphatic heterocycles. The first-order valence-electron chi connectivity index (χ1n) is 3.53. The third-order valence-corrected chi connectivity index (χ3v) is 3.00. The number of aryl methyl sites for hydroxylation is 1. The van der Waals surface area contributed by atoms with Gasteiger partial charge in [0.1, 0.15) is 0 Å². The Hall–Kier alpha value is -0.810. The summed E-state index contributed by atoms with van der Waals surface area (Å²) < 4.78 is 0. The Kier molecular flexibility index (Phi) is 2.01. The van der Waals surface area contributed by atoms with Crippen LogP contribution in [0, 0.1) is 18.3 Å². The Balaban J connectivity index is 3.04. The van der Waals surface area contributed by atoms with Crippen molar-refractivity contribution in [1.82, 2.24) is 0 Å². The van der Waals surface area contributed by atoms with E-state index < -0.39 is 0 Å². The normalized spacial score (nSPS) is 11.1. The van der Waals surface area contributed by atoms with E-state index in [1.54, 1.807) is 11.3 Å². The Morgan fingerprint density at radius 3 is 2.55 bits per heavy atom. The minimum atomic E-state index is -0.321. The van der Waals surface area contributed by atoms with E-state index in [-0.39, 0.29) is 5.41 Å². The summed E-state index contributed by atoms with van der Waals surface area (Å²) in [5.41, 5.74) is 0.923. The summed E-state index contributed by atoms with van der Waals surface area (Å²) >= 11 is 1.66. The first-order chi connectivity index (χ1) is 5.06. The van der Waals surface area contributed by atoms with Crippen molar-refractivity contribution in [2.24, 2.45) is 0 Å². The van der Waals surface area contributed by atoms with E-state index in [2.05, 4.69) is 17.5 Å². The molecule has 2 heteroatoms. The molecule has 0 atom stereocenters. The van der Waals surface area contributed by atoms with E-state index in [4.69, 9.17) is 5.26 Å². The molecule has 1 rings (SSSR count). The van der Waals surface area contributed by atoms with E-state index >= 15 is 0 Å². The molecule has 0 spiro atoms. The number of thiophene rings is 1. The van der Waals surface area contributed by atoms with Crippen LogP contribution < -0.4 is 0 Å². The lowest BCUT2D eigenvalue weighted by molar-refractivity contribution is 0.703. The summed E-state index contributed by atoms with van der Waals surface area (Å²) in [6, 6.07) is 4.36. The zero-order valence-electron chi connectivity index (χ0n) is 7.01. The van der Waals surface area contributed by atoms with E-state index in [9.17, 15) is 0 Å². The van der Waals surface area contributed by atoms with E-state index in [1.165, 1.54) is 5.56 Å². The fraction of sp³-hybridized carbons (Fsp3) is 0.444. The molecule has 0 aromatic carbocycles. The lowest BCUT2D eigenvalue weighted by atomic mass is 9.93. The van der Waals surface area contributed by atoms with Crippen LogP contribution in [0.3, 0.4) is 0 Å². The molecule has 0 unspecified atom stereocenters. The van der Waals surface area contributed by atoms with Gasteiger partial charge in [-0.1, -0.05) is 0 Å². The number of nitriles is 1. The summed E-state index contributed by atoms with van der Waals surface area (Å²) in [6.45, 7) is 5.93. The predicted molar refractivity (Wildman–Crippen MR) is 47.7 cm³/mol. The standard InChI is InChI=1S/C9H11NS/c1-7-4-8(11-5-7)9(2,3)6-10/h4-5H,1-3H3. The highest BCUT2D eigenvalue weighted by molar-refractivity contribution is 7.10. The second-order valence-corrected chi connectivity index (χ2v) is 4.14. The molecule has 1 aromatic heterocycles. The molecular formula is C9H11NS. The molecule has 0 N–H and O–H groups in total. The van der Waals surface area contributed by atoms with Gasteiger partial charge in [-0.25, -0.2) is 0 Å². The molecule has 0 bridgehead atoms. The zero-order chi connectivity index (χ0) is 8.48. The van der Waals surface area contributed by atoms with Crippen LogP contribution >= 0.6 is 11.3 Å². The van der Waals surface area contributed by atoms with Crippen molar-refractivity contribution in [3.8, 4) is 6.07 Å². The monoisotopic (exact) mass is 165 g/mol. The summed E-state index contributed by atoms with van der Waals surface area (Å²) in [6.07, 6.45) is 0. The molecule has 1 aromatic rings. The molecule has 0 saturated heterocycles. The lowest BCUT2D eigenvalue weighted by Crippen LogP contribution is -2.11. The quantitative estimate of drug-likeness (QED) is 0.627. The number of hydrogen-bond donors (Lipinski definition) is 0. The van der Waals surface area contributed by atoms with Gasteiger partial charge < -0.3 is 0 Å². The maximum Gasteiger partial charge on any atom is 0.0858 e. The van der Waals surface area contributed by atoms with Gasteiger partial charge in [0.05, 0.1) is 11.5 Å². The van der Waals surface area contributed by atoms with Crippen molar-refractivity contribution in [3.63, 3.8) is 0 Å². The predicted octanol–water partition coefficient (Wildman–Crippen LogP) is 2.86. The first kappa shape index (κ1) is 8.29. The van der Waals surface area contributed by atoms with Crippen LogP contribution in [-0.2, 0) is 5.41 Å². The molecule has 0 fully saturated rings. The Labute approximate surface area is 71.3 Å². The number of nitrogens with zero attached hydrogens (tertiary/aromatic N) is 1. The smallest absolute Gasteiger partial charge is 0.0858 e. The van der Waals surface area contributed by atoms with Crippen molar-refractivity contribution in [1.29, 1.82) is 5.26 Å². The molecule has 0 saturated carbocycles. The second kappa shape index (κ2) is 2.67. The summed E-state index contributed by atoms with van der Waals surface area (Å²) in [5, 5.41) is 10.9. The number of hydrogen-bond acceptors (Lipinski definition) is 2. The highest BCUT2D eigenvalue weighted by Crippen LogP contribution is 2.28. The maximum absolute atomic E-state index is 8.81. The van der Waals surface area contributed by atoms with Gasteiger partial charge >= 0.3 is 0 Å². The summed E-state index contributed by atoms with van der Waals surface area (Å²) in [4.78, 5) is 1.15. The first-order valence-corrected chi connectivity index (χ1v) is 4.41. The minimum absolute atomic E-state index is 0.321. The van der Waals surface area contributed by atoms with Crippen LogP contribution in [0.25, 0.3) is 0 Å². The van der Waals surface area contributed by atoms with Crippen LogP contribution in [0.15, 0.2) is 11.4 Å². The average molecular weight is 165 g/mol. The molecule has 58 valence electrons. The molecule has 0 amide bonds. The molecule has 0 radical (unpaired) electrons. The van der Waals surface area contributed by atoms with Crippen molar-refractivity contribution in [2.75, 3.05) is 0 Å². The zero-order valence-corrected chi connectivity index (χ0v) is 7.83. The highest BCUT2D eigenvalue weighted by Gasteiger charge is 2.20. The van der Waals surface area contributed by atoms with Crippen LogP contribution in [0.4, 0.5) is 0 Å². The van der Waals surface area contributed by atoms with E-state index in [0.717, 1.165) is 4.88 Å². The van der Waals surface area contributed by atoms with E-state index in [1.807, 2.05) is 20.8 Å². The SMILES string of the molecule is Cc1csc(C(C)(C)C#N)c1. The second-order valence-electron chi connectivity index (χ2n) is 3.23. The van der Waals surface area contributed by atoms with Crippen LogP contribution in [0.1, 0.15) is 24.3 Å². The van der Waals surface area contributed by atoms with Gasteiger partial charge in [-0.05, 0) is 37.8 Å². The van der Waals surface area contributed by atoms with Crippen molar-refractivity contribution >= 4 is 11.3 Å². The third kappa shape index (κ3) is 1.61. The summed E-state index contributed by atoms with van der Waals surface area (Å²) in [5.74, 6) is 0.